The van der Waals surface area contributed by atoms with E-state index in [1.165, 1.54) is 4.68 Å². The minimum atomic E-state index is -0.626. The van der Waals surface area contributed by atoms with Gasteiger partial charge in [-0.15, -0.1) is 0 Å². The number of imide groups is 1. The van der Waals surface area contributed by atoms with Gasteiger partial charge in [-0.3, -0.25) is 28.8 Å². The maximum absolute atomic E-state index is 12.9. The highest BCUT2D eigenvalue weighted by Gasteiger charge is 2.36. The van der Waals surface area contributed by atoms with Crippen LogP contribution in [0.2, 0.25) is 0 Å². The van der Waals surface area contributed by atoms with Gasteiger partial charge >= 0.3 is 0 Å². The zero-order valence-corrected chi connectivity index (χ0v) is 18.3. The van der Waals surface area contributed by atoms with Crippen molar-refractivity contribution in [2.75, 3.05) is 11.9 Å². The largest absolute Gasteiger partial charge is 0.318 e. The van der Waals surface area contributed by atoms with E-state index in [2.05, 4.69) is 5.32 Å². The van der Waals surface area contributed by atoms with Crippen LogP contribution in [0.4, 0.5) is 10.5 Å². The number of nitrogens with one attached hydrogen (secondary N) is 1. The number of benzene rings is 2. The summed E-state index contributed by atoms with van der Waals surface area (Å²) in [5.74, 6) is -1.16. The summed E-state index contributed by atoms with van der Waals surface area (Å²) in [5, 5.41) is 2.05. The Hall–Kier alpha value is -3.85. The Morgan fingerprint density at radius 3 is 2.28 bits per heavy atom. The molecule has 4 rings (SSSR count). The molecule has 1 N–H and O–H groups in total. The van der Waals surface area contributed by atoms with Gasteiger partial charge in [0.25, 0.3) is 16.7 Å². The van der Waals surface area contributed by atoms with Crippen LogP contribution in [0.15, 0.2) is 70.4 Å². The molecule has 2 aromatic carbocycles. The third-order valence-electron chi connectivity index (χ3n) is 5.09. The van der Waals surface area contributed by atoms with Crippen molar-refractivity contribution in [1.82, 2.24) is 14.3 Å². The van der Waals surface area contributed by atoms with E-state index in [4.69, 9.17) is 0 Å². The number of nitrogens with zero attached hydrogens (tertiary/aromatic N) is 3. The molecule has 0 bridgehead atoms. The molecule has 9 heteroatoms. The summed E-state index contributed by atoms with van der Waals surface area (Å²) in [7, 11) is 1.71. The highest BCUT2D eigenvalue weighted by molar-refractivity contribution is 8.18. The van der Waals surface area contributed by atoms with Crippen LogP contribution in [-0.4, -0.2) is 37.9 Å². The molecule has 1 aromatic heterocycles. The second-order valence-electron chi connectivity index (χ2n) is 7.16. The van der Waals surface area contributed by atoms with Crippen LogP contribution in [-0.2, 0) is 16.6 Å². The van der Waals surface area contributed by atoms with E-state index in [-0.39, 0.29) is 10.6 Å². The average Bonchev–Trinajstić information content (AvgIpc) is 3.16. The van der Waals surface area contributed by atoms with E-state index < -0.39 is 29.2 Å². The second kappa shape index (κ2) is 8.72. The zero-order valence-electron chi connectivity index (χ0n) is 17.4. The van der Waals surface area contributed by atoms with Crippen molar-refractivity contribution < 1.29 is 14.4 Å². The maximum atomic E-state index is 12.9. The van der Waals surface area contributed by atoms with Gasteiger partial charge in [0.05, 0.1) is 16.3 Å². The van der Waals surface area contributed by atoms with Crippen LogP contribution in [0.3, 0.4) is 0 Å². The number of aromatic nitrogens is 2. The molecule has 8 nitrogen and oxygen atoms in total. The minimum absolute atomic E-state index is 0.105. The van der Waals surface area contributed by atoms with Gasteiger partial charge in [0.1, 0.15) is 12.2 Å². The van der Waals surface area contributed by atoms with Gasteiger partial charge < -0.3 is 5.32 Å². The molecule has 0 unspecified atom stereocenters. The number of hydrogen-bond donors (Lipinski definition) is 1. The Morgan fingerprint density at radius 1 is 1.00 bits per heavy atom. The molecular formula is C23H20N4O4S. The fraction of sp³-hybridized carbons (Fsp3) is 0.130. The molecule has 3 aromatic rings. The number of carbonyl (C=O) groups is 3. The summed E-state index contributed by atoms with van der Waals surface area (Å²) in [4.78, 5) is 51.7. The van der Waals surface area contributed by atoms with Gasteiger partial charge in [-0.2, -0.15) is 0 Å². The van der Waals surface area contributed by atoms with Gasteiger partial charge in [0.2, 0.25) is 5.91 Å². The highest BCUT2D eigenvalue weighted by Crippen LogP contribution is 2.32. The quantitative estimate of drug-likeness (QED) is 0.605. The van der Waals surface area contributed by atoms with Gasteiger partial charge in [-0.25, -0.2) is 4.68 Å². The van der Waals surface area contributed by atoms with E-state index in [0.29, 0.717) is 11.4 Å². The number of para-hydroxylation sites is 1. The van der Waals surface area contributed by atoms with Crippen LogP contribution >= 0.6 is 11.8 Å². The lowest BCUT2D eigenvalue weighted by molar-refractivity contribution is -0.127. The number of carbonyl (C=O) groups excluding carboxylic acids is 3. The third-order valence-corrected chi connectivity index (χ3v) is 6.00. The standard InChI is InChI=1S/C23H20N4O4S/c1-15-20(22(30)27(25(15)2)17-11-7-4-8-12-17)24-19(28)14-26-21(29)18(32-23(26)31)13-16-9-5-3-6-10-16/h3-13H,14H2,1-2H3,(H,24,28)/b18-13+. The monoisotopic (exact) mass is 448 g/mol. The lowest BCUT2D eigenvalue weighted by Crippen LogP contribution is -2.37. The van der Waals surface area contributed by atoms with Crippen molar-refractivity contribution in [3.05, 3.63) is 87.2 Å². The number of hydrogen-bond acceptors (Lipinski definition) is 5. The average molecular weight is 449 g/mol. The molecule has 0 aliphatic carbocycles. The zero-order chi connectivity index (χ0) is 22.8. The molecule has 3 amide bonds. The Kier molecular flexibility index (Phi) is 5.83. The summed E-state index contributed by atoms with van der Waals surface area (Å²) < 4.78 is 3.07. The van der Waals surface area contributed by atoms with Crippen LogP contribution in [0, 0.1) is 6.92 Å². The van der Waals surface area contributed by atoms with Crippen LogP contribution < -0.4 is 10.9 Å². The third kappa shape index (κ3) is 4.02. The number of rotatable bonds is 5. The highest BCUT2D eigenvalue weighted by atomic mass is 32.2. The minimum Gasteiger partial charge on any atom is -0.318 e. The first-order valence-electron chi connectivity index (χ1n) is 9.81. The number of amides is 3. The van der Waals surface area contributed by atoms with E-state index in [1.807, 2.05) is 48.5 Å². The normalized spacial score (nSPS) is 14.9. The van der Waals surface area contributed by atoms with E-state index >= 15 is 0 Å². The first-order valence-corrected chi connectivity index (χ1v) is 10.6. The summed E-state index contributed by atoms with van der Waals surface area (Å²) >= 11 is 0.784. The summed E-state index contributed by atoms with van der Waals surface area (Å²) in [6.07, 6.45) is 1.61. The molecule has 1 fully saturated rings. The van der Waals surface area contributed by atoms with Crippen LogP contribution in [0.25, 0.3) is 11.8 Å². The lowest BCUT2D eigenvalue weighted by Gasteiger charge is -2.11. The molecule has 0 spiro atoms. The molecule has 162 valence electrons. The fourth-order valence-electron chi connectivity index (χ4n) is 3.37. The first-order chi connectivity index (χ1) is 15.4. The van der Waals surface area contributed by atoms with E-state index in [9.17, 15) is 19.2 Å². The Balaban J connectivity index is 1.52. The van der Waals surface area contributed by atoms with Gasteiger partial charge in [0.15, 0.2) is 0 Å². The van der Waals surface area contributed by atoms with Crippen molar-refractivity contribution in [3.63, 3.8) is 0 Å². The van der Waals surface area contributed by atoms with Crippen molar-refractivity contribution >= 4 is 40.6 Å². The van der Waals surface area contributed by atoms with Gasteiger partial charge in [-0.05, 0) is 42.5 Å². The van der Waals surface area contributed by atoms with Crippen molar-refractivity contribution in [2.45, 2.75) is 6.92 Å². The Morgan fingerprint density at radius 2 is 1.62 bits per heavy atom. The fourth-order valence-corrected chi connectivity index (χ4v) is 4.21. The van der Waals surface area contributed by atoms with Gasteiger partial charge in [0, 0.05) is 7.05 Å². The number of anilines is 1. The van der Waals surface area contributed by atoms with Crippen LogP contribution in [0.1, 0.15) is 11.3 Å². The molecule has 32 heavy (non-hydrogen) atoms. The topological polar surface area (TPSA) is 93.4 Å². The predicted octanol–water partition coefficient (Wildman–Crippen LogP) is 3.16. The molecular weight excluding hydrogens is 428 g/mol. The molecule has 1 saturated heterocycles. The van der Waals surface area contributed by atoms with Crippen molar-refractivity contribution in [3.8, 4) is 5.69 Å². The lowest BCUT2D eigenvalue weighted by atomic mass is 10.2. The van der Waals surface area contributed by atoms with Crippen molar-refractivity contribution in [1.29, 1.82) is 0 Å². The molecule has 0 atom stereocenters. The number of thioether (sulfide) groups is 1. The maximum Gasteiger partial charge on any atom is 0.295 e. The molecule has 1 aliphatic rings. The molecule has 1 aliphatic heterocycles. The smallest absolute Gasteiger partial charge is 0.295 e. The second-order valence-corrected chi connectivity index (χ2v) is 8.16. The SMILES string of the molecule is Cc1c(NC(=O)CN2C(=O)S/C(=C/c3ccccc3)C2=O)c(=O)n(-c2ccccc2)n1C. The Labute approximate surface area is 188 Å². The van der Waals surface area contributed by atoms with Crippen molar-refractivity contribution in [2.24, 2.45) is 7.05 Å². The first kappa shape index (κ1) is 21.4. The van der Waals surface area contributed by atoms with Gasteiger partial charge in [-0.1, -0.05) is 48.5 Å². The molecule has 0 radical (unpaired) electrons. The summed E-state index contributed by atoms with van der Waals surface area (Å²) in [6, 6.07) is 18.2. The van der Waals surface area contributed by atoms with Crippen LogP contribution in [0.5, 0.6) is 0 Å². The molecule has 2 heterocycles. The summed E-state index contributed by atoms with van der Waals surface area (Å²) in [6.45, 7) is 1.23. The van der Waals surface area contributed by atoms with E-state index in [1.54, 1.807) is 36.9 Å². The predicted molar refractivity (Wildman–Crippen MR) is 123 cm³/mol. The summed E-state index contributed by atoms with van der Waals surface area (Å²) in [5.41, 5.74) is 1.69. The molecule has 0 saturated carbocycles. The Bertz CT molecular complexity index is 1290. The van der Waals surface area contributed by atoms with E-state index in [0.717, 1.165) is 22.2 Å².